The molecule has 1 aromatic heterocycles. The zero-order valence-corrected chi connectivity index (χ0v) is 10.4. The summed E-state index contributed by atoms with van der Waals surface area (Å²) in [4.78, 5) is 18.0. The number of carbonyl (C=O) groups excluding carboxylic acids is 1. The summed E-state index contributed by atoms with van der Waals surface area (Å²) in [5, 5.41) is 2.87. The summed E-state index contributed by atoms with van der Waals surface area (Å²) >= 11 is 0. The molecule has 1 aromatic carbocycles. The predicted octanol–water partition coefficient (Wildman–Crippen LogP) is 2.40. The van der Waals surface area contributed by atoms with Crippen LogP contribution in [0, 0.1) is 0 Å². The monoisotopic (exact) mass is 241 g/mol. The van der Waals surface area contributed by atoms with Gasteiger partial charge < -0.3 is 10.2 Å². The van der Waals surface area contributed by atoms with Crippen molar-refractivity contribution in [1.82, 2.24) is 4.98 Å². The van der Waals surface area contributed by atoms with Crippen LogP contribution >= 0.6 is 0 Å². The minimum Gasteiger partial charge on any atom is -0.376 e. The molecule has 1 N–H and O–H groups in total. The van der Waals surface area contributed by atoms with Crippen LogP contribution in [0.5, 0.6) is 0 Å². The summed E-state index contributed by atoms with van der Waals surface area (Å²) in [6, 6.07) is 12.9. The molecule has 0 radical (unpaired) electrons. The fourth-order valence-electron chi connectivity index (χ4n) is 1.65. The summed E-state index contributed by atoms with van der Waals surface area (Å²) in [6.45, 7) is 0. The summed E-state index contributed by atoms with van der Waals surface area (Å²) in [7, 11) is 3.87. The molecule has 2 rings (SSSR count). The van der Waals surface area contributed by atoms with Crippen LogP contribution in [-0.2, 0) is 0 Å². The van der Waals surface area contributed by atoms with Gasteiger partial charge in [0.2, 0.25) is 0 Å². The zero-order valence-electron chi connectivity index (χ0n) is 10.4. The second-order valence-electron chi connectivity index (χ2n) is 4.08. The van der Waals surface area contributed by atoms with E-state index in [9.17, 15) is 4.79 Å². The number of hydrogen-bond donors (Lipinski definition) is 1. The maximum atomic E-state index is 12.0. The molecule has 18 heavy (non-hydrogen) atoms. The van der Waals surface area contributed by atoms with Crippen molar-refractivity contribution in [3.8, 4) is 0 Å². The molecule has 0 aliphatic carbocycles. The number of carbonyl (C=O) groups is 1. The molecule has 0 saturated carbocycles. The van der Waals surface area contributed by atoms with E-state index in [0.717, 1.165) is 11.4 Å². The Bertz CT molecular complexity index is 538. The Hall–Kier alpha value is -2.36. The highest BCUT2D eigenvalue weighted by atomic mass is 16.1. The highest BCUT2D eigenvalue weighted by molar-refractivity contribution is 6.04. The van der Waals surface area contributed by atoms with Crippen LogP contribution in [0.1, 0.15) is 10.5 Å². The van der Waals surface area contributed by atoms with E-state index >= 15 is 0 Å². The van der Waals surface area contributed by atoms with E-state index in [2.05, 4.69) is 10.3 Å². The molecule has 0 unspecified atom stereocenters. The molecule has 0 aliphatic heterocycles. The third-order valence-corrected chi connectivity index (χ3v) is 2.53. The smallest absolute Gasteiger partial charge is 0.274 e. The number of nitrogens with zero attached hydrogens (tertiary/aromatic N) is 2. The Morgan fingerprint density at radius 2 is 1.83 bits per heavy atom. The first kappa shape index (κ1) is 12.1. The molecule has 92 valence electrons. The normalized spacial score (nSPS) is 9.89. The second-order valence-corrected chi connectivity index (χ2v) is 4.08. The number of benzene rings is 1. The molecule has 0 atom stereocenters. The number of para-hydroxylation sites is 2. The Labute approximate surface area is 106 Å². The predicted molar refractivity (Wildman–Crippen MR) is 73.0 cm³/mol. The topological polar surface area (TPSA) is 45.2 Å². The Kier molecular flexibility index (Phi) is 3.57. The lowest BCUT2D eigenvalue weighted by Crippen LogP contribution is -2.17. The third kappa shape index (κ3) is 2.66. The Balaban J connectivity index is 2.22. The van der Waals surface area contributed by atoms with E-state index in [0.29, 0.717) is 5.69 Å². The molecule has 2 aromatic rings. The minimum atomic E-state index is -0.204. The molecule has 4 nitrogen and oxygen atoms in total. The number of hydrogen-bond acceptors (Lipinski definition) is 3. The lowest BCUT2D eigenvalue weighted by Gasteiger charge is -2.17. The SMILES string of the molecule is CN(C)c1ccccc1NC(=O)c1ccccn1. The lowest BCUT2D eigenvalue weighted by atomic mass is 10.2. The third-order valence-electron chi connectivity index (χ3n) is 2.53. The van der Waals surface area contributed by atoms with Gasteiger partial charge in [-0.15, -0.1) is 0 Å². The average molecular weight is 241 g/mol. The van der Waals surface area contributed by atoms with Crippen molar-refractivity contribution in [2.75, 3.05) is 24.3 Å². The van der Waals surface area contributed by atoms with Gasteiger partial charge in [0.05, 0.1) is 11.4 Å². The fraction of sp³-hybridized carbons (Fsp3) is 0.143. The molecular weight excluding hydrogens is 226 g/mol. The van der Waals surface area contributed by atoms with Gasteiger partial charge in [0.25, 0.3) is 5.91 Å². The minimum absolute atomic E-state index is 0.204. The van der Waals surface area contributed by atoms with Crippen LogP contribution in [0.25, 0.3) is 0 Å². The van der Waals surface area contributed by atoms with E-state index in [4.69, 9.17) is 0 Å². The highest BCUT2D eigenvalue weighted by Gasteiger charge is 2.10. The molecule has 0 bridgehead atoms. The Morgan fingerprint density at radius 3 is 2.50 bits per heavy atom. The van der Waals surface area contributed by atoms with E-state index in [-0.39, 0.29) is 5.91 Å². The molecule has 1 heterocycles. The molecule has 0 saturated heterocycles. The van der Waals surface area contributed by atoms with Crippen LogP contribution in [-0.4, -0.2) is 25.0 Å². The van der Waals surface area contributed by atoms with Crippen molar-refractivity contribution in [3.63, 3.8) is 0 Å². The molecule has 0 spiro atoms. The number of amides is 1. The van der Waals surface area contributed by atoms with E-state index in [1.54, 1.807) is 24.4 Å². The first-order valence-electron chi connectivity index (χ1n) is 5.67. The van der Waals surface area contributed by atoms with Gasteiger partial charge in [0.1, 0.15) is 5.69 Å². The first-order valence-corrected chi connectivity index (χ1v) is 5.67. The fourth-order valence-corrected chi connectivity index (χ4v) is 1.65. The van der Waals surface area contributed by atoms with Crippen LogP contribution in [0.15, 0.2) is 48.7 Å². The number of nitrogens with one attached hydrogen (secondary N) is 1. The summed E-state index contributed by atoms with van der Waals surface area (Å²) < 4.78 is 0. The number of pyridine rings is 1. The molecular formula is C14H15N3O. The molecule has 1 amide bonds. The molecule has 0 fully saturated rings. The van der Waals surface area contributed by atoms with Crippen molar-refractivity contribution in [2.24, 2.45) is 0 Å². The van der Waals surface area contributed by atoms with E-state index in [1.807, 2.05) is 43.3 Å². The largest absolute Gasteiger partial charge is 0.376 e. The number of aromatic nitrogens is 1. The van der Waals surface area contributed by atoms with Crippen LogP contribution < -0.4 is 10.2 Å². The quantitative estimate of drug-likeness (QED) is 0.897. The maximum absolute atomic E-state index is 12.0. The summed E-state index contributed by atoms with van der Waals surface area (Å²) in [5.41, 5.74) is 2.14. The van der Waals surface area contributed by atoms with Gasteiger partial charge in [-0.05, 0) is 24.3 Å². The first-order chi connectivity index (χ1) is 8.68. The average Bonchev–Trinajstić information content (AvgIpc) is 2.40. The van der Waals surface area contributed by atoms with Crippen LogP contribution in [0.3, 0.4) is 0 Å². The standard InChI is InChI=1S/C14H15N3O/c1-17(2)13-9-4-3-7-11(13)16-14(18)12-8-5-6-10-15-12/h3-10H,1-2H3,(H,16,18). The van der Waals surface area contributed by atoms with Gasteiger partial charge in [-0.25, -0.2) is 0 Å². The van der Waals surface area contributed by atoms with Gasteiger partial charge in [-0.1, -0.05) is 18.2 Å². The molecule has 4 heteroatoms. The van der Waals surface area contributed by atoms with Gasteiger partial charge in [-0.2, -0.15) is 0 Å². The summed E-state index contributed by atoms with van der Waals surface area (Å²) in [5.74, 6) is -0.204. The van der Waals surface area contributed by atoms with Crippen molar-refractivity contribution in [2.45, 2.75) is 0 Å². The lowest BCUT2D eigenvalue weighted by molar-refractivity contribution is 0.102. The summed E-state index contributed by atoms with van der Waals surface area (Å²) in [6.07, 6.45) is 1.60. The van der Waals surface area contributed by atoms with Gasteiger partial charge in [0.15, 0.2) is 0 Å². The number of anilines is 2. The van der Waals surface area contributed by atoms with Gasteiger partial charge in [0, 0.05) is 20.3 Å². The van der Waals surface area contributed by atoms with Crippen molar-refractivity contribution >= 4 is 17.3 Å². The van der Waals surface area contributed by atoms with Crippen molar-refractivity contribution < 1.29 is 4.79 Å². The highest BCUT2D eigenvalue weighted by Crippen LogP contribution is 2.23. The maximum Gasteiger partial charge on any atom is 0.274 e. The van der Waals surface area contributed by atoms with Crippen LogP contribution in [0.2, 0.25) is 0 Å². The van der Waals surface area contributed by atoms with Crippen molar-refractivity contribution in [1.29, 1.82) is 0 Å². The molecule has 0 aliphatic rings. The number of rotatable bonds is 3. The van der Waals surface area contributed by atoms with Crippen molar-refractivity contribution in [3.05, 3.63) is 54.4 Å². The van der Waals surface area contributed by atoms with E-state index < -0.39 is 0 Å². The Morgan fingerprint density at radius 1 is 1.11 bits per heavy atom. The van der Waals surface area contributed by atoms with E-state index in [1.165, 1.54) is 0 Å². The zero-order chi connectivity index (χ0) is 13.0. The van der Waals surface area contributed by atoms with Crippen LogP contribution in [0.4, 0.5) is 11.4 Å². The second kappa shape index (κ2) is 5.31. The van der Waals surface area contributed by atoms with Gasteiger partial charge in [-0.3, -0.25) is 9.78 Å². The van der Waals surface area contributed by atoms with Gasteiger partial charge >= 0.3 is 0 Å².